The average molecular weight is 271 g/mol. The van der Waals surface area contributed by atoms with Gasteiger partial charge in [-0.2, -0.15) is 0 Å². The van der Waals surface area contributed by atoms with E-state index in [1.807, 2.05) is 24.3 Å². The van der Waals surface area contributed by atoms with Crippen LogP contribution in [0.2, 0.25) is 0 Å². The summed E-state index contributed by atoms with van der Waals surface area (Å²) in [4.78, 5) is 0. The van der Waals surface area contributed by atoms with E-state index in [0.29, 0.717) is 0 Å². The lowest BCUT2D eigenvalue weighted by atomic mass is 9.91. The topological polar surface area (TPSA) is 44.5 Å². The van der Waals surface area contributed by atoms with Crippen LogP contribution in [-0.4, -0.2) is 14.2 Å². The fraction of sp³-hybridized carbons (Fsp3) is 0.294. The van der Waals surface area contributed by atoms with Crippen LogP contribution in [0.25, 0.3) is 0 Å². The SMILES string of the molecule is COc1cccc(OC)c1C(N)c1c(C)cccc1C. The fourth-order valence-electron chi connectivity index (χ4n) is 2.65. The lowest BCUT2D eigenvalue weighted by Crippen LogP contribution is -2.17. The van der Waals surface area contributed by atoms with E-state index < -0.39 is 0 Å². The van der Waals surface area contributed by atoms with Crippen molar-refractivity contribution in [2.45, 2.75) is 19.9 Å². The Labute approximate surface area is 120 Å². The Morgan fingerprint density at radius 1 is 0.800 bits per heavy atom. The molecule has 2 rings (SSSR count). The van der Waals surface area contributed by atoms with E-state index in [4.69, 9.17) is 15.2 Å². The largest absolute Gasteiger partial charge is 0.496 e. The molecule has 2 aromatic rings. The summed E-state index contributed by atoms with van der Waals surface area (Å²) in [5, 5.41) is 0. The lowest BCUT2D eigenvalue weighted by molar-refractivity contribution is 0.382. The maximum Gasteiger partial charge on any atom is 0.127 e. The number of ether oxygens (including phenoxy) is 2. The van der Waals surface area contributed by atoms with Gasteiger partial charge in [0.05, 0.1) is 25.8 Å². The summed E-state index contributed by atoms with van der Waals surface area (Å²) < 4.78 is 10.9. The minimum absolute atomic E-state index is 0.276. The molecule has 1 atom stereocenters. The molecule has 0 aliphatic rings. The van der Waals surface area contributed by atoms with Crippen LogP contribution in [0.3, 0.4) is 0 Å². The third-order valence-corrected chi connectivity index (χ3v) is 3.63. The zero-order chi connectivity index (χ0) is 14.7. The molecule has 0 fully saturated rings. The summed E-state index contributed by atoms with van der Waals surface area (Å²) in [5.74, 6) is 1.50. The quantitative estimate of drug-likeness (QED) is 0.927. The number of rotatable bonds is 4. The smallest absolute Gasteiger partial charge is 0.127 e. The van der Waals surface area contributed by atoms with Gasteiger partial charge in [0.15, 0.2) is 0 Å². The number of aryl methyl sites for hydroxylation is 2. The summed E-state index contributed by atoms with van der Waals surface area (Å²) in [6.07, 6.45) is 0. The first-order chi connectivity index (χ1) is 9.60. The maximum absolute atomic E-state index is 6.51. The molecule has 0 spiro atoms. The summed E-state index contributed by atoms with van der Waals surface area (Å²) in [7, 11) is 3.30. The van der Waals surface area contributed by atoms with E-state index in [1.165, 1.54) is 11.1 Å². The van der Waals surface area contributed by atoms with Crippen LogP contribution < -0.4 is 15.2 Å². The Morgan fingerprint density at radius 2 is 1.25 bits per heavy atom. The maximum atomic E-state index is 6.51. The summed E-state index contributed by atoms with van der Waals surface area (Å²) >= 11 is 0. The molecule has 106 valence electrons. The fourth-order valence-corrected chi connectivity index (χ4v) is 2.65. The molecule has 0 aliphatic carbocycles. The molecule has 20 heavy (non-hydrogen) atoms. The third kappa shape index (κ3) is 2.49. The van der Waals surface area contributed by atoms with E-state index in [0.717, 1.165) is 22.6 Å². The normalized spacial score (nSPS) is 12.1. The van der Waals surface area contributed by atoms with E-state index in [2.05, 4.69) is 26.0 Å². The van der Waals surface area contributed by atoms with Crippen molar-refractivity contribution < 1.29 is 9.47 Å². The van der Waals surface area contributed by atoms with Crippen LogP contribution in [0.5, 0.6) is 11.5 Å². The molecule has 0 radical (unpaired) electrons. The Hall–Kier alpha value is -2.00. The van der Waals surface area contributed by atoms with Gasteiger partial charge in [-0.05, 0) is 42.7 Å². The van der Waals surface area contributed by atoms with Gasteiger partial charge in [0.25, 0.3) is 0 Å². The van der Waals surface area contributed by atoms with Gasteiger partial charge in [-0.3, -0.25) is 0 Å². The van der Waals surface area contributed by atoms with Crippen LogP contribution in [0, 0.1) is 13.8 Å². The average Bonchev–Trinajstić information content (AvgIpc) is 2.45. The van der Waals surface area contributed by atoms with Crippen molar-refractivity contribution in [2.75, 3.05) is 14.2 Å². The van der Waals surface area contributed by atoms with Crippen molar-refractivity contribution in [2.24, 2.45) is 5.73 Å². The molecule has 2 aromatic carbocycles. The van der Waals surface area contributed by atoms with Crippen LogP contribution in [0.4, 0.5) is 0 Å². The Morgan fingerprint density at radius 3 is 1.70 bits per heavy atom. The van der Waals surface area contributed by atoms with Crippen LogP contribution >= 0.6 is 0 Å². The molecule has 1 unspecified atom stereocenters. The van der Waals surface area contributed by atoms with Gasteiger partial charge in [-0.1, -0.05) is 24.3 Å². The van der Waals surface area contributed by atoms with Crippen LogP contribution in [0.1, 0.15) is 28.3 Å². The van der Waals surface area contributed by atoms with E-state index in [-0.39, 0.29) is 6.04 Å². The predicted octanol–water partition coefficient (Wildman–Crippen LogP) is 3.37. The van der Waals surface area contributed by atoms with Gasteiger partial charge in [0.1, 0.15) is 11.5 Å². The Bertz CT molecular complexity index is 565. The van der Waals surface area contributed by atoms with Crippen molar-refractivity contribution in [3.63, 3.8) is 0 Å². The molecule has 3 heteroatoms. The zero-order valence-corrected chi connectivity index (χ0v) is 12.4. The summed E-state index contributed by atoms with van der Waals surface area (Å²) in [6.45, 7) is 4.15. The van der Waals surface area contributed by atoms with Gasteiger partial charge in [0, 0.05) is 0 Å². The highest BCUT2D eigenvalue weighted by Crippen LogP contribution is 2.37. The Kier molecular flexibility index (Phi) is 4.30. The van der Waals surface area contributed by atoms with E-state index >= 15 is 0 Å². The van der Waals surface area contributed by atoms with E-state index in [1.54, 1.807) is 14.2 Å². The van der Waals surface area contributed by atoms with Gasteiger partial charge >= 0.3 is 0 Å². The van der Waals surface area contributed by atoms with Gasteiger partial charge in [-0.15, -0.1) is 0 Å². The number of nitrogens with two attached hydrogens (primary N) is 1. The number of methoxy groups -OCH3 is 2. The highest BCUT2D eigenvalue weighted by molar-refractivity contribution is 5.52. The molecule has 0 heterocycles. The molecule has 0 saturated carbocycles. The molecule has 2 N–H and O–H groups in total. The van der Waals surface area contributed by atoms with E-state index in [9.17, 15) is 0 Å². The molecule has 0 bridgehead atoms. The van der Waals surface area contributed by atoms with Gasteiger partial charge < -0.3 is 15.2 Å². The first kappa shape index (κ1) is 14.4. The second-order valence-electron chi connectivity index (χ2n) is 4.86. The number of benzene rings is 2. The lowest BCUT2D eigenvalue weighted by Gasteiger charge is -2.22. The summed E-state index contributed by atoms with van der Waals surface area (Å²) in [6, 6.07) is 11.6. The first-order valence-corrected chi connectivity index (χ1v) is 6.62. The standard InChI is InChI=1S/C17H21NO2/c1-11-7-5-8-12(2)15(11)17(18)16-13(19-3)9-6-10-14(16)20-4/h5-10,17H,18H2,1-4H3. The van der Waals surface area contributed by atoms with Crippen molar-refractivity contribution in [1.29, 1.82) is 0 Å². The molecule has 3 nitrogen and oxygen atoms in total. The van der Waals surface area contributed by atoms with Gasteiger partial charge in [0.2, 0.25) is 0 Å². The highest BCUT2D eigenvalue weighted by atomic mass is 16.5. The molecule has 0 saturated heterocycles. The minimum atomic E-state index is -0.276. The third-order valence-electron chi connectivity index (χ3n) is 3.63. The number of hydrogen-bond acceptors (Lipinski definition) is 3. The zero-order valence-electron chi connectivity index (χ0n) is 12.4. The predicted molar refractivity (Wildman–Crippen MR) is 81.5 cm³/mol. The van der Waals surface area contributed by atoms with Crippen molar-refractivity contribution in [1.82, 2.24) is 0 Å². The second-order valence-corrected chi connectivity index (χ2v) is 4.86. The first-order valence-electron chi connectivity index (χ1n) is 6.62. The van der Waals surface area contributed by atoms with Gasteiger partial charge in [-0.25, -0.2) is 0 Å². The summed E-state index contributed by atoms with van der Waals surface area (Å²) in [5.41, 5.74) is 10.9. The molecule has 0 aromatic heterocycles. The molecular weight excluding hydrogens is 250 g/mol. The van der Waals surface area contributed by atoms with Crippen LogP contribution in [0.15, 0.2) is 36.4 Å². The molecule has 0 aliphatic heterocycles. The second kappa shape index (κ2) is 5.97. The monoisotopic (exact) mass is 271 g/mol. The number of hydrogen-bond donors (Lipinski definition) is 1. The highest BCUT2D eigenvalue weighted by Gasteiger charge is 2.21. The van der Waals surface area contributed by atoms with Crippen LogP contribution in [-0.2, 0) is 0 Å². The Balaban J connectivity index is 2.61. The minimum Gasteiger partial charge on any atom is -0.496 e. The van der Waals surface area contributed by atoms with Crippen molar-refractivity contribution in [3.8, 4) is 11.5 Å². The van der Waals surface area contributed by atoms with Crippen molar-refractivity contribution in [3.05, 3.63) is 58.7 Å². The molecular formula is C17H21NO2. The van der Waals surface area contributed by atoms with Crippen molar-refractivity contribution >= 4 is 0 Å². The molecule has 0 amide bonds.